The lowest BCUT2D eigenvalue weighted by Gasteiger charge is -2.29. The molecule has 0 aliphatic rings. The van der Waals surface area contributed by atoms with Crippen LogP contribution in [0.1, 0.15) is 25.5 Å². The maximum Gasteiger partial charge on any atom is 0.320 e. The van der Waals surface area contributed by atoms with Crippen molar-refractivity contribution in [2.45, 2.75) is 19.9 Å². The average molecular weight is 318 g/mol. The molecule has 0 unspecified atom stereocenters. The highest BCUT2D eigenvalue weighted by atomic mass is 32.1. The summed E-state index contributed by atoms with van der Waals surface area (Å²) in [7, 11) is 0. The van der Waals surface area contributed by atoms with E-state index >= 15 is 0 Å². The van der Waals surface area contributed by atoms with Crippen LogP contribution in [0.2, 0.25) is 0 Å². The Morgan fingerprint density at radius 2 is 2.14 bits per heavy atom. The summed E-state index contributed by atoms with van der Waals surface area (Å²) in [6, 6.07) is 7.50. The molecule has 2 N–H and O–H groups in total. The highest BCUT2D eigenvalue weighted by Gasteiger charge is 2.19. The Labute approximate surface area is 135 Å². The number of aromatic nitrogens is 1. The molecule has 0 aromatic carbocycles. The lowest BCUT2D eigenvalue weighted by atomic mass is 10.1. The van der Waals surface area contributed by atoms with Crippen molar-refractivity contribution in [2.24, 2.45) is 0 Å². The first-order valence-corrected chi connectivity index (χ1v) is 8.40. The summed E-state index contributed by atoms with van der Waals surface area (Å²) in [5.41, 5.74) is 1.24. The quantitative estimate of drug-likeness (QED) is 0.823. The number of nitrogens with one attached hydrogen (secondary N) is 2. The summed E-state index contributed by atoms with van der Waals surface area (Å²) < 4.78 is 0. The van der Waals surface area contributed by atoms with Gasteiger partial charge in [-0.05, 0) is 47.6 Å². The van der Waals surface area contributed by atoms with Crippen LogP contribution < -0.4 is 10.6 Å². The van der Waals surface area contributed by atoms with E-state index in [4.69, 9.17) is 0 Å². The number of anilines is 1. The standard InChI is InChI=1S/C16H22N4OS/c1-3-20(4-2)14(13-8-10-22-12-13)11-18-16(21)19-15-7-5-6-9-17-15/h5-10,12,14H,3-4,11H2,1-2H3,(H2,17,18,19,21)/t14-/m1/s1. The fraction of sp³-hybridized carbons (Fsp3) is 0.375. The van der Waals surface area contributed by atoms with E-state index in [2.05, 4.69) is 51.2 Å². The van der Waals surface area contributed by atoms with Gasteiger partial charge in [0.2, 0.25) is 0 Å². The van der Waals surface area contributed by atoms with Crippen LogP contribution in [0.3, 0.4) is 0 Å². The van der Waals surface area contributed by atoms with Crippen LogP contribution in [-0.2, 0) is 0 Å². The molecule has 0 radical (unpaired) electrons. The molecule has 1 atom stereocenters. The minimum Gasteiger partial charge on any atom is -0.336 e. The van der Waals surface area contributed by atoms with Crippen molar-refractivity contribution in [3.05, 3.63) is 46.8 Å². The third kappa shape index (κ3) is 4.54. The SMILES string of the molecule is CCN(CC)[C@H](CNC(=O)Nc1ccccn1)c1ccsc1. The second-order valence-electron chi connectivity index (χ2n) is 4.84. The molecule has 0 bridgehead atoms. The van der Waals surface area contributed by atoms with Crippen LogP contribution in [0.25, 0.3) is 0 Å². The van der Waals surface area contributed by atoms with Crippen molar-refractivity contribution < 1.29 is 4.79 Å². The van der Waals surface area contributed by atoms with Gasteiger partial charge in [-0.3, -0.25) is 10.2 Å². The number of amides is 2. The van der Waals surface area contributed by atoms with Crippen LogP contribution in [0.15, 0.2) is 41.2 Å². The van der Waals surface area contributed by atoms with E-state index < -0.39 is 0 Å². The molecular formula is C16H22N4OS. The third-order valence-corrected chi connectivity index (χ3v) is 4.25. The highest BCUT2D eigenvalue weighted by molar-refractivity contribution is 7.07. The molecule has 118 valence electrons. The molecule has 5 nitrogen and oxygen atoms in total. The molecule has 2 rings (SSSR count). The number of carbonyl (C=O) groups excluding carboxylic acids is 1. The zero-order valence-electron chi connectivity index (χ0n) is 13.0. The van der Waals surface area contributed by atoms with Crippen molar-refractivity contribution in [3.8, 4) is 0 Å². The fourth-order valence-corrected chi connectivity index (χ4v) is 3.08. The van der Waals surface area contributed by atoms with Gasteiger partial charge in [-0.25, -0.2) is 9.78 Å². The van der Waals surface area contributed by atoms with E-state index in [1.807, 2.05) is 12.1 Å². The Morgan fingerprint density at radius 3 is 2.73 bits per heavy atom. The number of carbonyl (C=O) groups is 1. The molecule has 2 aromatic heterocycles. The average Bonchev–Trinajstić information content (AvgIpc) is 3.06. The number of thiophene rings is 1. The summed E-state index contributed by atoms with van der Waals surface area (Å²) in [4.78, 5) is 18.4. The monoisotopic (exact) mass is 318 g/mol. The van der Waals surface area contributed by atoms with Crippen molar-refractivity contribution in [1.29, 1.82) is 0 Å². The van der Waals surface area contributed by atoms with Gasteiger partial charge >= 0.3 is 6.03 Å². The molecule has 2 amide bonds. The first kappa shape index (κ1) is 16.5. The van der Waals surface area contributed by atoms with Crippen LogP contribution in [0.5, 0.6) is 0 Å². The van der Waals surface area contributed by atoms with E-state index in [-0.39, 0.29) is 12.1 Å². The van der Waals surface area contributed by atoms with Gasteiger partial charge in [0.1, 0.15) is 5.82 Å². The minimum atomic E-state index is -0.230. The van der Waals surface area contributed by atoms with Gasteiger partial charge in [-0.15, -0.1) is 0 Å². The molecule has 22 heavy (non-hydrogen) atoms. The van der Waals surface area contributed by atoms with Crippen LogP contribution in [0, 0.1) is 0 Å². The Bertz CT molecular complexity index is 555. The molecule has 0 saturated heterocycles. The molecule has 0 fully saturated rings. The van der Waals surface area contributed by atoms with Crippen molar-refractivity contribution >= 4 is 23.2 Å². The molecule has 0 aliphatic carbocycles. The lowest BCUT2D eigenvalue weighted by Crippen LogP contribution is -2.39. The minimum absolute atomic E-state index is 0.190. The second kappa shape index (κ2) is 8.51. The van der Waals surface area contributed by atoms with Crippen molar-refractivity contribution in [1.82, 2.24) is 15.2 Å². The molecule has 0 spiro atoms. The second-order valence-corrected chi connectivity index (χ2v) is 5.62. The lowest BCUT2D eigenvalue weighted by molar-refractivity contribution is 0.210. The zero-order chi connectivity index (χ0) is 15.8. The van der Waals surface area contributed by atoms with E-state index in [1.165, 1.54) is 5.56 Å². The Balaban J connectivity index is 1.95. The third-order valence-electron chi connectivity index (χ3n) is 3.54. The van der Waals surface area contributed by atoms with Gasteiger partial charge in [0.25, 0.3) is 0 Å². The summed E-state index contributed by atoms with van der Waals surface area (Å²) in [6.45, 7) is 6.73. The largest absolute Gasteiger partial charge is 0.336 e. The van der Waals surface area contributed by atoms with Crippen LogP contribution >= 0.6 is 11.3 Å². The van der Waals surface area contributed by atoms with Gasteiger partial charge in [0.15, 0.2) is 0 Å². The van der Waals surface area contributed by atoms with Gasteiger partial charge < -0.3 is 5.32 Å². The van der Waals surface area contributed by atoms with Gasteiger partial charge in [-0.2, -0.15) is 11.3 Å². The van der Waals surface area contributed by atoms with E-state index in [0.29, 0.717) is 12.4 Å². The Hall–Kier alpha value is -1.92. The summed E-state index contributed by atoms with van der Waals surface area (Å²) in [5.74, 6) is 0.551. The number of pyridine rings is 1. The number of nitrogens with zero attached hydrogens (tertiary/aromatic N) is 2. The topological polar surface area (TPSA) is 57.3 Å². The molecule has 2 aromatic rings. The normalized spacial score (nSPS) is 12.1. The number of rotatable bonds is 7. The summed E-state index contributed by atoms with van der Waals surface area (Å²) in [5, 5.41) is 9.89. The van der Waals surface area contributed by atoms with Gasteiger partial charge in [-0.1, -0.05) is 19.9 Å². The van der Waals surface area contributed by atoms with Gasteiger partial charge in [0.05, 0.1) is 6.04 Å². The first-order chi connectivity index (χ1) is 10.7. The fourth-order valence-electron chi connectivity index (χ4n) is 2.37. The van der Waals surface area contributed by atoms with Crippen LogP contribution in [0.4, 0.5) is 10.6 Å². The summed E-state index contributed by atoms with van der Waals surface area (Å²) in [6.07, 6.45) is 1.65. The smallest absolute Gasteiger partial charge is 0.320 e. The molecule has 0 aliphatic heterocycles. The predicted molar refractivity (Wildman–Crippen MR) is 91.2 cm³/mol. The van der Waals surface area contributed by atoms with E-state index in [1.54, 1.807) is 23.6 Å². The number of hydrogen-bond donors (Lipinski definition) is 2. The Morgan fingerprint density at radius 1 is 1.32 bits per heavy atom. The van der Waals surface area contributed by atoms with E-state index in [9.17, 15) is 4.79 Å². The van der Waals surface area contributed by atoms with E-state index in [0.717, 1.165) is 13.1 Å². The molecule has 0 saturated carbocycles. The predicted octanol–water partition coefficient (Wildman–Crippen LogP) is 3.35. The number of hydrogen-bond acceptors (Lipinski definition) is 4. The molecule has 6 heteroatoms. The zero-order valence-corrected chi connectivity index (χ0v) is 13.8. The Kier molecular flexibility index (Phi) is 6.36. The number of urea groups is 1. The maximum absolute atomic E-state index is 12.0. The number of likely N-dealkylation sites (N-methyl/N-ethyl adjacent to an activating group) is 1. The van der Waals surface area contributed by atoms with Gasteiger partial charge in [0, 0.05) is 12.7 Å². The first-order valence-electron chi connectivity index (χ1n) is 7.46. The van der Waals surface area contributed by atoms with Crippen molar-refractivity contribution in [2.75, 3.05) is 25.0 Å². The maximum atomic E-state index is 12.0. The van der Waals surface area contributed by atoms with Crippen LogP contribution in [-0.4, -0.2) is 35.5 Å². The summed E-state index contributed by atoms with van der Waals surface area (Å²) >= 11 is 1.68. The van der Waals surface area contributed by atoms with Crippen molar-refractivity contribution in [3.63, 3.8) is 0 Å². The molecule has 2 heterocycles. The highest BCUT2D eigenvalue weighted by Crippen LogP contribution is 2.22. The molecular weight excluding hydrogens is 296 g/mol.